The van der Waals surface area contributed by atoms with Crippen LogP contribution in [-0.4, -0.2) is 11.1 Å². The van der Waals surface area contributed by atoms with Gasteiger partial charge in [0.25, 0.3) is 0 Å². The van der Waals surface area contributed by atoms with E-state index in [9.17, 15) is 0 Å². The average molecular weight is 233 g/mol. The zero-order valence-electron chi connectivity index (χ0n) is 10.7. The van der Waals surface area contributed by atoms with Crippen LogP contribution in [-0.2, 0) is 13.2 Å². The van der Waals surface area contributed by atoms with E-state index in [0.29, 0.717) is 6.04 Å². The van der Waals surface area contributed by atoms with Crippen LogP contribution in [0.15, 0.2) is 24.3 Å². The van der Waals surface area contributed by atoms with Crippen LogP contribution < -0.4 is 5.32 Å². The minimum atomic E-state index is 0.134. The second kappa shape index (κ2) is 6.18. The molecule has 0 radical (unpaired) electrons. The lowest BCUT2D eigenvalue weighted by Crippen LogP contribution is -2.25. The topological polar surface area (TPSA) is 32.3 Å². The highest BCUT2D eigenvalue weighted by atomic mass is 16.3. The van der Waals surface area contributed by atoms with Crippen molar-refractivity contribution in [3.63, 3.8) is 0 Å². The van der Waals surface area contributed by atoms with Crippen LogP contribution in [0, 0.1) is 5.92 Å². The van der Waals surface area contributed by atoms with E-state index < -0.39 is 0 Å². The molecule has 2 atom stereocenters. The van der Waals surface area contributed by atoms with Gasteiger partial charge in [-0.3, -0.25) is 0 Å². The highest BCUT2D eigenvalue weighted by Crippen LogP contribution is 2.27. The molecule has 0 spiro atoms. The standard InChI is InChI=1S/C15H23NO/c1-2-12-6-7-15(9-12)16-10-13-4-3-5-14(8-13)11-17/h3-5,8,12,15-17H,2,6-7,9-11H2,1H3. The number of rotatable bonds is 5. The van der Waals surface area contributed by atoms with Crippen LogP contribution in [0.3, 0.4) is 0 Å². The second-order valence-electron chi connectivity index (χ2n) is 5.14. The van der Waals surface area contributed by atoms with Crippen molar-refractivity contribution < 1.29 is 5.11 Å². The molecule has 2 heteroatoms. The fraction of sp³-hybridized carbons (Fsp3) is 0.600. The molecule has 0 aliphatic heterocycles. The first-order chi connectivity index (χ1) is 8.31. The van der Waals surface area contributed by atoms with Crippen LogP contribution in [0.5, 0.6) is 0 Å². The molecule has 0 amide bonds. The summed E-state index contributed by atoms with van der Waals surface area (Å²) in [6.07, 6.45) is 5.34. The van der Waals surface area contributed by atoms with E-state index in [1.807, 2.05) is 12.1 Å². The van der Waals surface area contributed by atoms with Crippen LogP contribution in [0.1, 0.15) is 43.7 Å². The molecule has 1 aliphatic carbocycles. The third-order valence-corrected chi connectivity index (χ3v) is 3.89. The Bertz CT molecular complexity index is 351. The summed E-state index contributed by atoms with van der Waals surface area (Å²) in [4.78, 5) is 0. The Kier molecular flexibility index (Phi) is 4.57. The molecule has 2 unspecified atom stereocenters. The van der Waals surface area contributed by atoms with E-state index >= 15 is 0 Å². The fourth-order valence-corrected chi connectivity index (χ4v) is 2.73. The first kappa shape index (κ1) is 12.6. The molecule has 1 aromatic rings. The van der Waals surface area contributed by atoms with Gasteiger partial charge >= 0.3 is 0 Å². The monoisotopic (exact) mass is 233 g/mol. The van der Waals surface area contributed by atoms with Crippen molar-refractivity contribution in [1.29, 1.82) is 0 Å². The van der Waals surface area contributed by atoms with Gasteiger partial charge in [-0.05, 0) is 36.3 Å². The Morgan fingerprint density at radius 1 is 1.29 bits per heavy atom. The molecule has 0 aromatic heterocycles. The Hall–Kier alpha value is -0.860. The molecule has 1 saturated carbocycles. The van der Waals surface area contributed by atoms with Gasteiger partial charge in [0.05, 0.1) is 6.61 Å². The van der Waals surface area contributed by atoms with Crippen molar-refractivity contribution >= 4 is 0 Å². The van der Waals surface area contributed by atoms with E-state index in [2.05, 4.69) is 24.4 Å². The van der Waals surface area contributed by atoms with E-state index in [4.69, 9.17) is 5.11 Å². The zero-order valence-corrected chi connectivity index (χ0v) is 10.7. The third-order valence-electron chi connectivity index (χ3n) is 3.89. The first-order valence-corrected chi connectivity index (χ1v) is 6.74. The summed E-state index contributed by atoms with van der Waals surface area (Å²) >= 11 is 0. The van der Waals surface area contributed by atoms with Crippen molar-refractivity contribution in [3.8, 4) is 0 Å². The quantitative estimate of drug-likeness (QED) is 0.819. The maximum Gasteiger partial charge on any atom is 0.0681 e. The van der Waals surface area contributed by atoms with Gasteiger partial charge < -0.3 is 10.4 Å². The Balaban J connectivity index is 1.81. The van der Waals surface area contributed by atoms with E-state index in [1.54, 1.807) is 0 Å². The average Bonchev–Trinajstić information content (AvgIpc) is 2.84. The number of hydrogen-bond donors (Lipinski definition) is 2. The van der Waals surface area contributed by atoms with E-state index in [0.717, 1.165) is 18.0 Å². The largest absolute Gasteiger partial charge is 0.392 e. The summed E-state index contributed by atoms with van der Waals surface area (Å²) < 4.78 is 0. The minimum Gasteiger partial charge on any atom is -0.392 e. The molecule has 1 aromatic carbocycles. The predicted molar refractivity (Wildman–Crippen MR) is 70.6 cm³/mol. The molecular weight excluding hydrogens is 210 g/mol. The van der Waals surface area contributed by atoms with Crippen molar-refractivity contribution in [2.45, 2.75) is 51.8 Å². The molecular formula is C15H23NO. The van der Waals surface area contributed by atoms with Crippen molar-refractivity contribution in [3.05, 3.63) is 35.4 Å². The molecule has 0 saturated heterocycles. The van der Waals surface area contributed by atoms with Crippen molar-refractivity contribution in [2.24, 2.45) is 5.92 Å². The van der Waals surface area contributed by atoms with Gasteiger partial charge in [0.15, 0.2) is 0 Å². The number of hydrogen-bond acceptors (Lipinski definition) is 2. The van der Waals surface area contributed by atoms with Crippen molar-refractivity contribution in [2.75, 3.05) is 0 Å². The van der Waals surface area contributed by atoms with Gasteiger partial charge in [0, 0.05) is 12.6 Å². The summed E-state index contributed by atoms with van der Waals surface area (Å²) in [5, 5.41) is 12.7. The number of benzene rings is 1. The molecule has 0 heterocycles. The van der Waals surface area contributed by atoms with Crippen LogP contribution in [0.2, 0.25) is 0 Å². The van der Waals surface area contributed by atoms with Gasteiger partial charge in [-0.25, -0.2) is 0 Å². The van der Waals surface area contributed by atoms with Crippen LogP contribution in [0.25, 0.3) is 0 Å². The normalized spacial score (nSPS) is 24.1. The maximum atomic E-state index is 9.09. The van der Waals surface area contributed by atoms with Gasteiger partial charge in [-0.1, -0.05) is 37.6 Å². The second-order valence-corrected chi connectivity index (χ2v) is 5.14. The van der Waals surface area contributed by atoms with Gasteiger partial charge in [-0.15, -0.1) is 0 Å². The summed E-state index contributed by atoms with van der Waals surface area (Å²) in [6, 6.07) is 8.88. The molecule has 17 heavy (non-hydrogen) atoms. The van der Waals surface area contributed by atoms with Crippen LogP contribution in [0.4, 0.5) is 0 Å². The number of aliphatic hydroxyl groups is 1. The Labute approximate surface area is 104 Å². The smallest absolute Gasteiger partial charge is 0.0681 e. The molecule has 1 fully saturated rings. The molecule has 0 bridgehead atoms. The molecule has 2 rings (SSSR count). The lowest BCUT2D eigenvalue weighted by molar-refractivity contribution is 0.281. The number of nitrogens with one attached hydrogen (secondary N) is 1. The molecule has 1 aliphatic rings. The summed E-state index contributed by atoms with van der Waals surface area (Å²) in [5.41, 5.74) is 2.28. The molecule has 94 valence electrons. The highest BCUT2D eigenvalue weighted by Gasteiger charge is 2.22. The SMILES string of the molecule is CCC1CCC(NCc2cccc(CO)c2)C1. The fourth-order valence-electron chi connectivity index (χ4n) is 2.73. The predicted octanol–water partition coefficient (Wildman–Crippen LogP) is 2.85. The Morgan fingerprint density at radius 3 is 2.82 bits per heavy atom. The third kappa shape index (κ3) is 3.55. The van der Waals surface area contributed by atoms with Crippen LogP contribution >= 0.6 is 0 Å². The molecule has 2 N–H and O–H groups in total. The molecule has 2 nitrogen and oxygen atoms in total. The van der Waals surface area contributed by atoms with Gasteiger partial charge in [-0.2, -0.15) is 0 Å². The summed E-state index contributed by atoms with van der Waals surface area (Å²) in [7, 11) is 0. The maximum absolute atomic E-state index is 9.09. The van der Waals surface area contributed by atoms with Gasteiger partial charge in [0.1, 0.15) is 0 Å². The highest BCUT2D eigenvalue weighted by molar-refractivity contribution is 5.22. The minimum absolute atomic E-state index is 0.134. The van der Waals surface area contributed by atoms with E-state index in [1.165, 1.54) is 31.2 Å². The number of aliphatic hydroxyl groups excluding tert-OH is 1. The van der Waals surface area contributed by atoms with Crippen molar-refractivity contribution in [1.82, 2.24) is 5.32 Å². The summed E-state index contributed by atoms with van der Waals surface area (Å²) in [6.45, 7) is 3.35. The Morgan fingerprint density at radius 2 is 2.12 bits per heavy atom. The first-order valence-electron chi connectivity index (χ1n) is 6.74. The zero-order chi connectivity index (χ0) is 12.1. The van der Waals surface area contributed by atoms with E-state index in [-0.39, 0.29) is 6.61 Å². The lowest BCUT2D eigenvalue weighted by Gasteiger charge is -2.13. The van der Waals surface area contributed by atoms with Gasteiger partial charge in [0.2, 0.25) is 0 Å². The lowest BCUT2D eigenvalue weighted by atomic mass is 10.1. The summed E-state index contributed by atoms with van der Waals surface area (Å²) in [5.74, 6) is 0.927.